The molecule has 1 heterocycles. The number of carbonyl (C=O) groups excluding carboxylic acids is 1. The van der Waals surface area contributed by atoms with E-state index in [0.29, 0.717) is 0 Å². The first-order valence-electron chi connectivity index (χ1n) is 5.44. The third-order valence-electron chi connectivity index (χ3n) is 2.39. The number of aromatic nitrogens is 2. The average molecular weight is 256 g/mol. The van der Waals surface area contributed by atoms with Gasteiger partial charge in [0.25, 0.3) is 0 Å². The van der Waals surface area contributed by atoms with Crippen molar-refractivity contribution in [3.05, 3.63) is 18.0 Å². The van der Waals surface area contributed by atoms with Crippen LogP contribution in [0.4, 0.5) is 4.79 Å². The zero-order chi connectivity index (χ0) is 13.5. The van der Waals surface area contributed by atoms with E-state index >= 15 is 0 Å². The predicted molar refractivity (Wildman–Crippen MR) is 61.8 cm³/mol. The molecule has 1 rings (SSSR count). The second-order valence-electron chi connectivity index (χ2n) is 3.77. The molecular formula is C10H16N4O4. The van der Waals surface area contributed by atoms with Gasteiger partial charge in [0, 0.05) is 24.8 Å². The van der Waals surface area contributed by atoms with Crippen molar-refractivity contribution in [2.75, 3.05) is 6.61 Å². The largest absolute Gasteiger partial charge is 0.480 e. The number of rotatable bonds is 6. The number of aliphatic hydroxyl groups excluding tert-OH is 1. The summed E-state index contributed by atoms with van der Waals surface area (Å²) >= 11 is 0. The van der Waals surface area contributed by atoms with Crippen LogP contribution in [0, 0.1) is 0 Å². The smallest absolute Gasteiger partial charge is 0.326 e. The zero-order valence-corrected chi connectivity index (χ0v) is 9.88. The number of carboxylic acid groups (broad SMARTS) is 1. The second kappa shape index (κ2) is 6.60. The van der Waals surface area contributed by atoms with Gasteiger partial charge in [0.15, 0.2) is 0 Å². The molecule has 0 aliphatic rings. The molecule has 2 amide bonds. The van der Waals surface area contributed by atoms with Crippen LogP contribution < -0.4 is 10.6 Å². The fourth-order valence-corrected chi connectivity index (χ4v) is 1.36. The van der Waals surface area contributed by atoms with E-state index in [1.54, 1.807) is 19.3 Å². The summed E-state index contributed by atoms with van der Waals surface area (Å²) in [6, 6.07) is -2.01. The molecule has 8 nitrogen and oxygen atoms in total. The van der Waals surface area contributed by atoms with Crippen LogP contribution in [0.3, 0.4) is 0 Å². The summed E-state index contributed by atoms with van der Waals surface area (Å²) in [4.78, 5) is 22.3. The van der Waals surface area contributed by atoms with Gasteiger partial charge < -0.3 is 20.8 Å². The Morgan fingerprint density at radius 2 is 2.22 bits per heavy atom. The van der Waals surface area contributed by atoms with Crippen molar-refractivity contribution in [1.82, 2.24) is 20.8 Å². The van der Waals surface area contributed by atoms with E-state index in [0.717, 1.165) is 5.56 Å². The minimum Gasteiger partial charge on any atom is -0.480 e. The first kappa shape index (κ1) is 14.0. The SMILES string of the molecule is CC(NC(=O)N[C@H](CCO)C(=O)O)c1cn[nH]c1. The summed E-state index contributed by atoms with van der Waals surface area (Å²) in [6.45, 7) is 1.43. The van der Waals surface area contributed by atoms with Crippen molar-refractivity contribution in [2.24, 2.45) is 0 Å². The zero-order valence-electron chi connectivity index (χ0n) is 9.88. The molecular weight excluding hydrogens is 240 g/mol. The number of aromatic amines is 1. The van der Waals surface area contributed by atoms with Crippen LogP contribution in [0.1, 0.15) is 24.9 Å². The number of hydrogen-bond donors (Lipinski definition) is 5. The second-order valence-corrected chi connectivity index (χ2v) is 3.77. The molecule has 0 spiro atoms. The maximum absolute atomic E-state index is 11.5. The summed E-state index contributed by atoms with van der Waals surface area (Å²) in [5.41, 5.74) is 0.777. The first-order chi connectivity index (χ1) is 8.54. The van der Waals surface area contributed by atoms with Crippen LogP contribution in [-0.4, -0.2) is 45.1 Å². The molecule has 8 heteroatoms. The number of nitrogens with one attached hydrogen (secondary N) is 3. The Bertz CT molecular complexity index is 393. The van der Waals surface area contributed by atoms with Crippen molar-refractivity contribution in [3.8, 4) is 0 Å². The number of carboxylic acids is 1. The van der Waals surface area contributed by atoms with Crippen molar-refractivity contribution in [1.29, 1.82) is 0 Å². The summed E-state index contributed by atoms with van der Waals surface area (Å²) < 4.78 is 0. The lowest BCUT2D eigenvalue weighted by atomic mass is 10.2. The van der Waals surface area contributed by atoms with Gasteiger partial charge in [0.1, 0.15) is 6.04 Å². The van der Waals surface area contributed by atoms with Gasteiger partial charge in [-0.2, -0.15) is 5.10 Å². The van der Waals surface area contributed by atoms with Gasteiger partial charge in [-0.05, 0) is 6.92 Å². The van der Waals surface area contributed by atoms with Gasteiger partial charge >= 0.3 is 12.0 Å². The van der Waals surface area contributed by atoms with Crippen molar-refractivity contribution >= 4 is 12.0 Å². The maximum Gasteiger partial charge on any atom is 0.326 e. The van der Waals surface area contributed by atoms with Gasteiger partial charge in [-0.25, -0.2) is 9.59 Å². The number of hydrogen-bond acceptors (Lipinski definition) is 4. The summed E-state index contributed by atoms with van der Waals surface area (Å²) in [7, 11) is 0. The Hall–Kier alpha value is -2.09. The normalized spacial score (nSPS) is 13.7. The quantitative estimate of drug-likeness (QED) is 0.473. The van der Waals surface area contributed by atoms with Gasteiger partial charge in [-0.1, -0.05) is 0 Å². The van der Waals surface area contributed by atoms with E-state index in [9.17, 15) is 9.59 Å². The molecule has 0 saturated carbocycles. The molecule has 0 aliphatic heterocycles. The number of nitrogens with zero attached hydrogens (tertiary/aromatic N) is 1. The molecule has 1 unspecified atom stereocenters. The van der Waals surface area contributed by atoms with Crippen molar-refractivity contribution in [2.45, 2.75) is 25.4 Å². The molecule has 0 saturated heterocycles. The third-order valence-corrected chi connectivity index (χ3v) is 2.39. The summed E-state index contributed by atoms with van der Waals surface area (Å²) in [5, 5.41) is 28.7. The van der Waals surface area contributed by atoms with Crippen LogP contribution >= 0.6 is 0 Å². The fraction of sp³-hybridized carbons (Fsp3) is 0.500. The van der Waals surface area contributed by atoms with Crippen LogP contribution in [0.5, 0.6) is 0 Å². The van der Waals surface area contributed by atoms with Crippen molar-refractivity contribution < 1.29 is 19.8 Å². The topological polar surface area (TPSA) is 127 Å². The van der Waals surface area contributed by atoms with Crippen LogP contribution in [0.2, 0.25) is 0 Å². The third kappa shape index (κ3) is 4.06. The van der Waals surface area contributed by atoms with E-state index < -0.39 is 18.0 Å². The van der Waals surface area contributed by atoms with E-state index in [-0.39, 0.29) is 19.1 Å². The van der Waals surface area contributed by atoms with Crippen LogP contribution in [0.15, 0.2) is 12.4 Å². The highest BCUT2D eigenvalue weighted by Gasteiger charge is 2.20. The van der Waals surface area contributed by atoms with Gasteiger partial charge in [-0.3, -0.25) is 5.10 Å². The Morgan fingerprint density at radius 1 is 1.50 bits per heavy atom. The number of aliphatic hydroxyl groups is 1. The lowest BCUT2D eigenvalue weighted by Gasteiger charge is -2.17. The number of urea groups is 1. The van der Waals surface area contributed by atoms with Crippen molar-refractivity contribution in [3.63, 3.8) is 0 Å². The lowest BCUT2D eigenvalue weighted by Crippen LogP contribution is -2.46. The molecule has 1 aromatic rings. The Kier molecular flexibility index (Phi) is 5.12. The van der Waals surface area contributed by atoms with E-state index in [1.807, 2.05) is 0 Å². The summed E-state index contributed by atoms with van der Waals surface area (Å²) in [6.07, 6.45) is 3.16. The monoisotopic (exact) mass is 256 g/mol. The molecule has 0 radical (unpaired) electrons. The molecule has 100 valence electrons. The number of H-pyrrole nitrogens is 1. The number of amides is 2. The number of aliphatic carboxylic acids is 1. The molecule has 0 aliphatic carbocycles. The average Bonchev–Trinajstić information content (AvgIpc) is 2.81. The highest BCUT2D eigenvalue weighted by molar-refractivity contribution is 5.82. The molecule has 2 atom stereocenters. The molecule has 0 bridgehead atoms. The van der Waals surface area contributed by atoms with E-state index in [1.165, 1.54) is 0 Å². The first-order valence-corrected chi connectivity index (χ1v) is 5.44. The number of carbonyl (C=O) groups is 2. The van der Waals surface area contributed by atoms with Gasteiger partial charge in [-0.15, -0.1) is 0 Å². The molecule has 18 heavy (non-hydrogen) atoms. The molecule has 0 fully saturated rings. The minimum absolute atomic E-state index is 0.0388. The lowest BCUT2D eigenvalue weighted by molar-refractivity contribution is -0.139. The highest BCUT2D eigenvalue weighted by Crippen LogP contribution is 2.08. The maximum atomic E-state index is 11.5. The molecule has 0 aromatic carbocycles. The summed E-state index contributed by atoms with van der Waals surface area (Å²) in [5.74, 6) is -1.19. The Labute approximate surface area is 103 Å². The van der Waals surface area contributed by atoms with Crippen LogP contribution in [-0.2, 0) is 4.79 Å². The minimum atomic E-state index is -1.19. The predicted octanol–water partition coefficient (Wildman–Crippen LogP) is -0.394. The standard InChI is InChI=1S/C10H16N4O4/c1-6(7-4-11-12-5-7)13-10(18)14-8(2-3-15)9(16)17/h4-6,8,15H,2-3H2,1H3,(H,11,12)(H,16,17)(H2,13,14,18)/t6?,8-/m1/s1. The highest BCUT2D eigenvalue weighted by atomic mass is 16.4. The van der Waals surface area contributed by atoms with E-state index in [2.05, 4.69) is 20.8 Å². The van der Waals surface area contributed by atoms with Crippen LogP contribution in [0.25, 0.3) is 0 Å². The Morgan fingerprint density at radius 3 is 2.72 bits per heavy atom. The molecule has 5 N–H and O–H groups in total. The van der Waals surface area contributed by atoms with E-state index in [4.69, 9.17) is 10.2 Å². The van der Waals surface area contributed by atoms with Gasteiger partial charge in [0.2, 0.25) is 0 Å². The Balaban J connectivity index is 2.47. The fourth-order valence-electron chi connectivity index (χ4n) is 1.36. The van der Waals surface area contributed by atoms with Gasteiger partial charge in [0.05, 0.1) is 12.2 Å². The molecule has 1 aromatic heterocycles.